The van der Waals surface area contributed by atoms with Crippen LogP contribution in [0.5, 0.6) is 0 Å². The molecule has 24 heavy (non-hydrogen) atoms. The molecule has 2 rings (SSSR count). The van der Waals surface area contributed by atoms with E-state index in [0.717, 1.165) is 12.0 Å². The quantitative estimate of drug-likeness (QED) is 0.689. The van der Waals surface area contributed by atoms with Crippen LogP contribution in [0.3, 0.4) is 0 Å². The maximum absolute atomic E-state index is 12.4. The van der Waals surface area contributed by atoms with Crippen LogP contribution in [0, 0.1) is 11.3 Å². The molecule has 2 aromatic carbocycles. The number of aldehydes is 1. The molecule has 6 heteroatoms. The number of nitriles is 1. The Morgan fingerprint density at radius 2 is 1.67 bits per heavy atom. The van der Waals surface area contributed by atoms with Gasteiger partial charge in [-0.1, -0.05) is 18.2 Å². The maximum atomic E-state index is 12.4. The first kappa shape index (κ1) is 17.7. The summed E-state index contributed by atoms with van der Waals surface area (Å²) < 4.78 is 24.8. The van der Waals surface area contributed by atoms with Gasteiger partial charge in [-0.05, 0) is 36.4 Å². The molecule has 0 aromatic heterocycles. The molecule has 0 spiro atoms. The molecule has 0 aliphatic heterocycles. The number of rotatable bonds is 8. The van der Waals surface area contributed by atoms with Gasteiger partial charge in [0.2, 0.25) is 0 Å². The van der Waals surface area contributed by atoms with Gasteiger partial charge in [0, 0.05) is 24.3 Å². The molecule has 0 amide bonds. The molecular formula is C18H18N2O3S. The third-order valence-electron chi connectivity index (χ3n) is 3.62. The third kappa shape index (κ3) is 4.67. The predicted octanol–water partition coefficient (Wildman–Crippen LogP) is 2.69. The van der Waals surface area contributed by atoms with Gasteiger partial charge >= 0.3 is 0 Å². The van der Waals surface area contributed by atoms with E-state index in [2.05, 4.69) is 6.07 Å². The zero-order chi connectivity index (χ0) is 17.4. The van der Waals surface area contributed by atoms with Crippen molar-refractivity contribution in [2.24, 2.45) is 0 Å². The molecule has 0 fully saturated rings. The zero-order valence-electron chi connectivity index (χ0n) is 13.1. The minimum atomic E-state index is -3.38. The first-order chi connectivity index (χ1) is 11.6. The fourth-order valence-electron chi connectivity index (χ4n) is 2.29. The summed E-state index contributed by atoms with van der Waals surface area (Å²) in [7, 11) is -3.38. The first-order valence-electron chi connectivity index (χ1n) is 7.52. The van der Waals surface area contributed by atoms with Crippen molar-refractivity contribution in [2.75, 3.05) is 23.7 Å². The van der Waals surface area contributed by atoms with Gasteiger partial charge in [0.1, 0.15) is 6.29 Å². The monoisotopic (exact) mass is 342 g/mol. The lowest BCUT2D eigenvalue weighted by Gasteiger charge is -2.24. The Hall–Kier alpha value is -2.65. The van der Waals surface area contributed by atoms with Crippen LogP contribution in [0.25, 0.3) is 0 Å². The van der Waals surface area contributed by atoms with E-state index in [1.807, 2.05) is 4.90 Å². The van der Waals surface area contributed by atoms with Crippen molar-refractivity contribution in [3.63, 3.8) is 0 Å². The molecule has 0 saturated heterocycles. The molecule has 0 heterocycles. The van der Waals surface area contributed by atoms with Gasteiger partial charge in [-0.2, -0.15) is 5.26 Å². The number of carbonyl (C=O) groups is 1. The smallest absolute Gasteiger partial charge is 0.180 e. The van der Waals surface area contributed by atoms with Crippen LogP contribution in [0.15, 0.2) is 59.5 Å². The lowest BCUT2D eigenvalue weighted by Crippen LogP contribution is -2.30. The molecular weight excluding hydrogens is 324 g/mol. The van der Waals surface area contributed by atoms with Crippen LogP contribution in [0.4, 0.5) is 5.69 Å². The Labute approximate surface area is 142 Å². The fraction of sp³-hybridized carbons (Fsp3) is 0.222. The number of hydrogen-bond acceptors (Lipinski definition) is 5. The Balaban J connectivity index is 2.14. The van der Waals surface area contributed by atoms with Gasteiger partial charge in [0.05, 0.1) is 23.1 Å². The van der Waals surface area contributed by atoms with Crippen LogP contribution < -0.4 is 4.90 Å². The Morgan fingerprint density at radius 3 is 2.25 bits per heavy atom. The maximum Gasteiger partial charge on any atom is 0.180 e. The van der Waals surface area contributed by atoms with E-state index in [-0.39, 0.29) is 12.3 Å². The lowest BCUT2D eigenvalue weighted by atomic mass is 10.2. The van der Waals surface area contributed by atoms with E-state index in [1.165, 1.54) is 0 Å². The highest BCUT2D eigenvalue weighted by Gasteiger charge is 2.16. The molecule has 124 valence electrons. The highest BCUT2D eigenvalue weighted by Crippen LogP contribution is 2.17. The number of hydrogen-bond donors (Lipinski definition) is 0. The van der Waals surface area contributed by atoms with Gasteiger partial charge < -0.3 is 4.90 Å². The highest BCUT2D eigenvalue weighted by molar-refractivity contribution is 7.91. The molecule has 0 radical (unpaired) electrons. The van der Waals surface area contributed by atoms with E-state index >= 15 is 0 Å². The van der Waals surface area contributed by atoms with Crippen LogP contribution >= 0.6 is 0 Å². The summed E-state index contributed by atoms with van der Waals surface area (Å²) in [6.45, 7) is 0.709. The number of nitrogens with zero attached hydrogens (tertiary/aromatic N) is 2. The summed E-state index contributed by atoms with van der Waals surface area (Å²) >= 11 is 0. The Morgan fingerprint density at radius 1 is 1.00 bits per heavy atom. The lowest BCUT2D eigenvalue weighted by molar-refractivity contribution is 0.112. The van der Waals surface area contributed by atoms with Gasteiger partial charge in [-0.25, -0.2) is 8.42 Å². The number of benzene rings is 2. The van der Waals surface area contributed by atoms with Gasteiger partial charge in [0.25, 0.3) is 0 Å². The summed E-state index contributed by atoms with van der Waals surface area (Å²) in [5, 5.41) is 8.81. The molecule has 0 bridgehead atoms. The van der Waals surface area contributed by atoms with Crippen molar-refractivity contribution < 1.29 is 13.2 Å². The average molecular weight is 342 g/mol. The van der Waals surface area contributed by atoms with Crippen LogP contribution in [-0.2, 0) is 9.84 Å². The van der Waals surface area contributed by atoms with Crippen molar-refractivity contribution >= 4 is 21.8 Å². The Kier molecular flexibility index (Phi) is 6.10. The van der Waals surface area contributed by atoms with Crippen molar-refractivity contribution in [3.05, 3.63) is 60.2 Å². The minimum Gasteiger partial charge on any atom is -0.369 e. The van der Waals surface area contributed by atoms with E-state index in [1.54, 1.807) is 54.6 Å². The first-order valence-corrected chi connectivity index (χ1v) is 9.17. The van der Waals surface area contributed by atoms with Crippen molar-refractivity contribution in [2.45, 2.75) is 11.3 Å². The second kappa shape index (κ2) is 8.27. The second-order valence-corrected chi connectivity index (χ2v) is 7.35. The third-order valence-corrected chi connectivity index (χ3v) is 5.33. The summed E-state index contributed by atoms with van der Waals surface area (Å²) in [6.07, 6.45) is 1.05. The molecule has 5 nitrogen and oxygen atoms in total. The predicted molar refractivity (Wildman–Crippen MR) is 92.8 cm³/mol. The highest BCUT2D eigenvalue weighted by atomic mass is 32.2. The van der Waals surface area contributed by atoms with Crippen LogP contribution in [-0.4, -0.2) is 33.5 Å². The zero-order valence-corrected chi connectivity index (χ0v) is 13.9. The largest absolute Gasteiger partial charge is 0.369 e. The normalized spacial score (nSPS) is 10.8. The van der Waals surface area contributed by atoms with E-state index in [9.17, 15) is 13.2 Å². The topological polar surface area (TPSA) is 78.2 Å². The molecule has 0 unspecified atom stereocenters. The van der Waals surface area contributed by atoms with E-state index < -0.39 is 9.84 Å². The summed E-state index contributed by atoms with van der Waals surface area (Å²) in [5.74, 6) is -0.0438. The molecule has 0 N–H and O–H groups in total. The van der Waals surface area contributed by atoms with Gasteiger partial charge in [-0.15, -0.1) is 0 Å². The van der Waals surface area contributed by atoms with Gasteiger partial charge in [-0.3, -0.25) is 4.79 Å². The minimum absolute atomic E-state index is 0.0438. The molecule has 0 aliphatic carbocycles. The van der Waals surface area contributed by atoms with Crippen molar-refractivity contribution in [3.8, 4) is 6.07 Å². The van der Waals surface area contributed by atoms with Crippen LogP contribution in [0.2, 0.25) is 0 Å². The van der Waals surface area contributed by atoms with Crippen molar-refractivity contribution in [1.29, 1.82) is 5.26 Å². The summed E-state index contributed by atoms with van der Waals surface area (Å²) in [5.41, 5.74) is 1.34. The molecule has 0 saturated carbocycles. The summed E-state index contributed by atoms with van der Waals surface area (Å²) in [4.78, 5) is 12.9. The van der Waals surface area contributed by atoms with Crippen LogP contribution in [0.1, 0.15) is 16.8 Å². The van der Waals surface area contributed by atoms with Crippen molar-refractivity contribution in [1.82, 2.24) is 0 Å². The molecule has 0 aliphatic rings. The Bertz CT molecular complexity index is 810. The number of anilines is 1. The number of sulfone groups is 1. The SMILES string of the molecule is N#CCCN(CCS(=O)(=O)c1ccccc1)c1ccc(C=O)cc1. The molecule has 2 aromatic rings. The molecule has 0 atom stereocenters. The number of carbonyl (C=O) groups excluding carboxylic acids is 1. The average Bonchev–Trinajstić information content (AvgIpc) is 2.63. The van der Waals surface area contributed by atoms with E-state index in [0.29, 0.717) is 23.4 Å². The fourth-order valence-corrected chi connectivity index (χ4v) is 3.56. The standard InChI is InChI=1S/C18H18N2O3S/c19-11-4-12-20(17-9-7-16(15-21)8-10-17)13-14-24(22,23)18-5-2-1-3-6-18/h1-3,5-10,15H,4,12-14H2. The van der Waals surface area contributed by atoms with E-state index in [4.69, 9.17) is 5.26 Å². The second-order valence-electron chi connectivity index (χ2n) is 5.24. The van der Waals surface area contributed by atoms with Gasteiger partial charge in [0.15, 0.2) is 9.84 Å². The summed E-state index contributed by atoms with van der Waals surface area (Å²) in [6, 6.07) is 17.3.